The summed E-state index contributed by atoms with van der Waals surface area (Å²) in [5, 5.41) is 16.6. The maximum atomic E-state index is 11.9. The maximum Gasteiger partial charge on any atom is 0.315 e. The van der Waals surface area contributed by atoms with Gasteiger partial charge >= 0.3 is 6.03 Å². The van der Waals surface area contributed by atoms with E-state index < -0.39 is 5.60 Å². The van der Waals surface area contributed by atoms with Crippen molar-refractivity contribution in [2.24, 2.45) is 0 Å². The van der Waals surface area contributed by atoms with Gasteiger partial charge in [-0.25, -0.2) is 4.79 Å². The minimum atomic E-state index is -0.793. The second-order valence-electron chi connectivity index (χ2n) is 5.22. The normalized spacial score (nSPS) is 22.9. The van der Waals surface area contributed by atoms with E-state index in [1.165, 1.54) is 0 Å². The highest BCUT2D eigenvalue weighted by Crippen LogP contribution is 2.30. The monoisotopic (exact) mass is 348 g/mol. The molecule has 1 aliphatic rings. The molecule has 0 saturated carbocycles. The Morgan fingerprint density at radius 2 is 2.29 bits per heavy atom. The number of aliphatic hydroxyl groups is 1. The van der Waals surface area contributed by atoms with Crippen LogP contribution in [0, 0.1) is 0 Å². The first kappa shape index (κ1) is 16.7. The largest absolute Gasteiger partial charge is 0.387 e. The number of thioether (sulfide) groups is 1. The van der Waals surface area contributed by atoms with E-state index in [2.05, 4.69) is 10.6 Å². The minimum Gasteiger partial charge on any atom is -0.387 e. The van der Waals surface area contributed by atoms with Crippen LogP contribution in [0.4, 0.5) is 4.79 Å². The second-order valence-corrected chi connectivity index (χ2v) is 7.11. The highest BCUT2D eigenvalue weighted by Gasteiger charge is 2.32. The van der Waals surface area contributed by atoms with Gasteiger partial charge in [-0.2, -0.15) is 11.8 Å². The van der Waals surface area contributed by atoms with Crippen molar-refractivity contribution in [3.63, 3.8) is 0 Å². The summed E-state index contributed by atoms with van der Waals surface area (Å²) >= 11 is 13.8. The topological polar surface area (TPSA) is 61.4 Å². The van der Waals surface area contributed by atoms with Crippen LogP contribution in [-0.4, -0.2) is 34.8 Å². The number of hydrogen-bond acceptors (Lipinski definition) is 3. The molecule has 0 unspecified atom stereocenters. The molecule has 0 aliphatic carbocycles. The van der Waals surface area contributed by atoms with E-state index in [4.69, 9.17) is 23.2 Å². The molecule has 0 radical (unpaired) electrons. The van der Waals surface area contributed by atoms with Gasteiger partial charge in [-0.15, -0.1) is 0 Å². The van der Waals surface area contributed by atoms with Gasteiger partial charge in [0.2, 0.25) is 0 Å². The molecule has 1 aromatic carbocycles. The number of carbonyl (C=O) groups is 1. The second kappa shape index (κ2) is 7.09. The molecule has 0 spiro atoms. The van der Waals surface area contributed by atoms with Gasteiger partial charge in [0.15, 0.2) is 0 Å². The molecular weight excluding hydrogens is 331 g/mol. The summed E-state index contributed by atoms with van der Waals surface area (Å²) in [6.45, 7) is 2.08. The van der Waals surface area contributed by atoms with Gasteiger partial charge in [0, 0.05) is 12.3 Å². The number of carbonyl (C=O) groups excluding carboxylic acids is 1. The highest BCUT2D eigenvalue weighted by molar-refractivity contribution is 7.99. The van der Waals surface area contributed by atoms with Crippen molar-refractivity contribution in [3.05, 3.63) is 33.8 Å². The third kappa shape index (κ3) is 4.42. The van der Waals surface area contributed by atoms with E-state index >= 15 is 0 Å². The molecular formula is C14H18Cl2N2O2S. The molecule has 0 aromatic heterocycles. The van der Waals surface area contributed by atoms with Crippen LogP contribution in [0.2, 0.25) is 10.0 Å². The van der Waals surface area contributed by atoms with Crippen LogP contribution in [-0.2, 0) is 0 Å². The van der Waals surface area contributed by atoms with Crippen LogP contribution in [0.5, 0.6) is 0 Å². The SMILES string of the molecule is C[C@H](NC(=O)NC[C@@]1(O)CCSC1)c1cccc(Cl)c1Cl. The number of nitrogens with one attached hydrogen (secondary N) is 2. The number of benzene rings is 1. The first-order chi connectivity index (χ1) is 9.91. The van der Waals surface area contributed by atoms with Crippen molar-refractivity contribution in [2.75, 3.05) is 18.1 Å². The van der Waals surface area contributed by atoms with Crippen LogP contribution in [0.3, 0.4) is 0 Å². The lowest BCUT2D eigenvalue weighted by molar-refractivity contribution is 0.0699. The van der Waals surface area contributed by atoms with Crippen molar-refractivity contribution < 1.29 is 9.90 Å². The Hall–Kier alpha value is -0.620. The minimum absolute atomic E-state index is 0.252. The molecule has 1 saturated heterocycles. The molecule has 2 rings (SSSR count). The van der Waals surface area contributed by atoms with Crippen LogP contribution in [0.15, 0.2) is 18.2 Å². The molecule has 2 atom stereocenters. The summed E-state index contributed by atoms with van der Waals surface area (Å²) in [6, 6.07) is 4.71. The zero-order valence-electron chi connectivity index (χ0n) is 11.7. The van der Waals surface area contributed by atoms with Gasteiger partial charge in [-0.1, -0.05) is 35.3 Å². The van der Waals surface area contributed by atoms with E-state index in [-0.39, 0.29) is 18.6 Å². The lowest BCUT2D eigenvalue weighted by atomic mass is 10.0. The summed E-state index contributed by atoms with van der Waals surface area (Å²) in [4.78, 5) is 11.9. The number of rotatable bonds is 4. The molecule has 1 aliphatic heterocycles. The third-order valence-corrected chi connectivity index (χ3v) is 5.52. The third-order valence-electron chi connectivity index (χ3n) is 3.46. The van der Waals surface area contributed by atoms with Crippen molar-refractivity contribution in [2.45, 2.75) is 25.0 Å². The molecule has 116 valence electrons. The molecule has 1 fully saturated rings. The molecule has 3 N–H and O–H groups in total. The molecule has 0 bridgehead atoms. The summed E-state index contributed by atoms with van der Waals surface area (Å²) in [6.07, 6.45) is 0.702. The van der Waals surface area contributed by atoms with Crippen LogP contribution in [0.25, 0.3) is 0 Å². The van der Waals surface area contributed by atoms with Gasteiger partial charge in [-0.05, 0) is 30.7 Å². The van der Waals surface area contributed by atoms with Crippen molar-refractivity contribution >= 4 is 41.0 Å². The first-order valence-electron chi connectivity index (χ1n) is 6.70. The summed E-state index contributed by atoms with van der Waals surface area (Å²) < 4.78 is 0. The summed E-state index contributed by atoms with van der Waals surface area (Å²) in [7, 11) is 0. The van der Waals surface area contributed by atoms with E-state index in [0.29, 0.717) is 22.2 Å². The van der Waals surface area contributed by atoms with E-state index in [0.717, 1.165) is 11.3 Å². The van der Waals surface area contributed by atoms with Crippen LogP contribution < -0.4 is 10.6 Å². The lowest BCUT2D eigenvalue weighted by Gasteiger charge is -2.23. The standard InChI is InChI=1S/C14H18Cl2N2O2S/c1-9(10-3-2-4-11(15)12(10)16)18-13(19)17-7-14(20)5-6-21-8-14/h2-4,9,20H,5-8H2,1H3,(H2,17,18,19)/t9-,14-/m0/s1. The fourth-order valence-electron chi connectivity index (χ4n) is 2.16. The Labute approximate surface area is 138 Å². The maximum absolute atomic E-state index is 11.9. The van der Waals surface area contributed by atoms with Crippen molar-refractivity contribution in [3.8, 4) is 0 Å². The number of amides is 2. The average molecular weight is 349 g/mol. The first-order valence-corrected chi connectivity index (χ1v) is 8.61. The number of urea groups is 1. The highest BCUT2D eigenvalue weighted by atomic mass is 35.5. The number of halogens is 2. The van der Waals surface area contributed by atoms with E-state index in [1.807, 2.05) is 13.0 Å². The smallest absolute Gasteiger partial charge is 0.315 e. The quantitative estimate of drug-likeness (QED) is 0.782. The van der Waals surface area contributed by atoms with Gasteiger partial charge in [-0.3, -0.25) is 0 Å². The molecule has 1 aromatic rings. The van der Waals surface area contributed by atoms with E-state index in [9.17, 15) is 9.90 Å². The Bertz CT molecular complexity index is 522. The summed E-state index contributed by atoms with van der Waals surface area (Å²) in [5.41, 5.74) is -0.0340. The van der Waals surface area contributed by atoms with Crippen molar-refractivity contribution in [1.82, 2.24) is 10.6 Å². The van der Waals surface area contributed by atoms with Crippen molar-refractivity contribution in [1.29, 1.82) is 0 Å². The van der Waals surface area contributed by atoms with Gasteiger partial charge < -0.3 is 15.7 Å². The number of hydrogen-bond donors (Lipinski definition) is 3. The fourth-order valence-corrected chi connectivity index (χ4v) is 3.93. The van der Waals surface area contributed by atoms with Gasteiger partial charge in [0.1, 0.15) is 0 Å². The Morgan fingerprint density at radius 3 is 2.95 bits per heavy atom. The molecule has 4 nitrogen and oxygen atoms in total. The Kier molecular flexibility index (Phi) is 5.66. The van der Waals surface area contributed by atoms with Crippen LogP contribution in [0.1, 0.15) is 24.9 Å². The van der Waals surface area contributed by atoms with Gasteiger partial charge in [0.05, 0.1) is 21.7 Å². The lowest BCUT2D eigenvalue weighted by Crippen LogP contribution is -2.46. The molecule has 2 amide bonds. The zero-order valence-corrected chi connectivity index (χ0v) is 14.0. The summed E-state index contributed by atoms with van der Waals surface area (Å²) in [5.74, 6) is 1.58. The molecule has 1 heterocycles. The average Bonchev–Trinajstić information content (AvgIpc) is 2.87. The van der Waals surface area contributed by atoms with Gasteiger partial charge in [0.25, 0.3) is 0 Å². The fraction of sp³-hybridized carbons (Fsp3) is 0.500. The Balaban J connectivity index is 1.88. The predicted octanol–water partition coefficient (Wildman–Crippen LogP) is 3.22. The van der Waals surface area contributed by atoms with E-state index in [1.54, 1.807) is 23.9 Å². The molecule has 21 heavy (non-hydrogen) atoms. The molecule has 7 heteroatoms. The zero-order chi connectivity index (χ0) is 15.5. The van der Waals surface area contributed by atoms with Crippen LogP contribution >= 0.6 is 35.0 Å². The Morgan fingerprint density at radius 1 is 1.52 bits per heavy atom. The predicted molar refractivity (Wildman–Crippen MR) is 88.3 cm³/mol.